The highest BCUT2D eigenvalue weighted by atomic mass is 32.2. The van der Waals surface area contributed by atoms with Crippen LogP contribution in [-0.4, -0.2) is 10.7 Å². The molecule has 1 aromatic carbocycles. The van der Waals surface area contributed by atoms with Crippen molar-refractivity contribution in [3.8, 4) is 0 Å². The van der Waals surface area contributed by atoms with E-state index >= 15 is 0 Å². The Kier molecular flexibility index (Phi) is 4.69. The van der Waals surface area contributed by atoms with Gasteiger partial charge in [-0.05, 0) is 35.9 Å². The molecule has 2 rings (SSSR count). The van der Waals surface area contributed by atoms with Crippen molar-refractivity contribution in [2.24, 2.45) is 5.84 Å². The molecular formula is C13H14FN3S. The Morgan fingerprint density at radius 3 is 2.67 bits per heavy atom. The van der Waals surface area contributed by atoms with E-state index in [1.54, 1.807) is 36.3 Å². The van der Waals surface area contributed by atoms with Gasteiger partial charge in [-0.3, -0.25) is 16.3 Å². The minimum atomic E-state index is -0.222. The maximum absolute atomic E-state index is 12.8. The van der Waals surface area contributed by atoms with E-state index in [0.717, 1.165) is 16.2 Å². The number of aromatic nitrogens is 1. The van der Waals surface area contributed by atoms with E-state index in [9.17, 15) is 4.39 Å². The second-order valence-corrected chi connectivity index (χ2v) is 4.86. The average molecular weight is 263 g/mol. The molecule has 3 N–H and O–H groups in total. The fourth-order valence-corrected chi connectivity index (χ4v) is 2.51. The van der Waals surface area contributed by atoms with Gasteiger partial charge in [0.05, 0.1) is 6.04 Å². The molecule has 18 heavy (non-hydrogen) atoms. The van der Waals surface area contributed by atoms with Crippen molar-refractivity contribution < 1.29 is 4.39 Å². The first-order chi connectivity index (χ1) is 8.79. The molecule has 0 amide bonds. The smallest absolute Gasteiger partial charge is 0.123 e. The molecule has 1 heterocycles. The summed E-state index contributed by atoms with van der Waals surface area (Å²) in [4.78, 5) is 5.08. The van der Waals surface area contributed by atoms with Crippen molar-refractivity contribution in [3.05, 3.63) is 60.2 Å². The zero-order chi connectivity index (χ0) is 12.8. The molecule has 0 aliphatic carbocycles. The molecule has 2 aromatic rings. The molecule has 94 valence electrons. The van der Waals surface area contributed by atoms with Gasteiger partial charge in [-0.2, -0.15) is 0 Å². The number of halogens is 1. The van der Waals surface area contributed by atoms with Gasteiger partial charge in [0.15, 0.2) is 0 Å². The molecule has 0 radical (unpaired) electrons. The summed E-state index contributed by atoms with van der Waals surface area (Å²) in [6.07, 6.45) is 3.51. The average Bonchev–Trinajstić information content (AvgIpc) is 2.43. The van der Waals surface area contributed by atoms with Crippen molar-refractivity contribution >= 4 is 11.8 Å². The molecule has 0 bridgehead atoms. The Balaban J connectivity index is 1.97. The summed E-state index contributed by atoms with van der Waals surface area (Å²) < 4.78 is 12.8. The van der Waals surface area contributed by atoms with E-state index in [1.807, 2.05) is 12.1 Å². The van der Waals surface area contributed by atoms with E-state index in [1.165, 1.54) is 12.1 Å². The molecule has 3 nitrogen and oxygen atoms in total. The molecule has 0 saturated carbocycles. The summed E-state index contributed by atoms with van der Waals surface area (Å²) in [5, 5.41) is 0. The van der Waals surface area contributed by atoms with Crippen LogP contribution >= 0.6 is 11.8 Å². The Morgan fingerprint density at radius 1 is 1.28 bits per heavy atom. The van der Waals surface area contributed by atoms with Crippen LogP contribution in [0.2, 0.25) is 0 Å². The van der Waals surface area contributed by atoms with Gasteiger partial charge in [0.2, 0.25) is 0 Å². The summed E-state index contributed by atoms with van der Waals surface area (Å²) >= 11 is 1.62. The third-order valence-corrected chi connectivity index (χ3v) is 3.62. The summed E-state index contributed by atoms with van der Waals surface area (Å²) in [6.45, 7) is 0. The standard InChI is InChI=1S/C13H14FN3S/c14-11-3-5-12(6-4-11)18-9-13(17-15)10-2-1-7-16-8-10/h1-8,13,17H,9,15H2. The zero-order valence-electron chi connectivity index (χ0n) is 9.71. The molecule has 1 atom stereocenters. The predicted molar refractivity (Wildman–Crippen MR) is 71.4 cm³/mol. The minimum Gasteiger partial charge on any atom is -0.271 e. The van der Waals surface area contributed by atoms with Crippen LogP contribution in [-0.2, 0) is 0 Å². The predicted octanol–water partition coefficient (Wildman–Crippen LogP) is 2.52. The Labute approximate surface area is 110 Å². The maximum atomic E-state index is 12.8. The highest BCUT2D eigenvalue weighted by Crippen LogP contribution is 2.24. The van der Waals surface area contributed by atoms with Gasteiger partial charge in [0, 0.05) is 23.0 Å². The van der Waals surface area contributed by atoms with Crippen LogP contribution in [0.15, 0.2) is 53.7 Å². The summed E-state index contributed by atoms with van der Waals surface area (Å²) in [7, 11) is 0. The quantitative estimate of drug-likeness (QED) is 0.494. The highest BCUT2D eigenvalue weighted by molar-refractivity contribution is 7.99. The first kappa shape index (κ1) is 13.0. The molecule has 0 aliphatic heterocycles. The molecule has 0 saturated heterocycles. The van der Waals surface area contributed by atoms with Gasteiger partial charge < -0.3 is 0 Å². The maximum Gasteiger partial charge on any atom is 0.123 e. The zero-order valence-corrected chi connectivity index (χ0v) is 10.5. The molecule has 0 spiro atoms. The van der Waals surface area contributed by atoms with Gasteiger partial charge in [-0.25, -0.2) is 4.39 Å². The van der Waals surface area contributed by atoms with E-state index in [0.29, 0.717) is 0 Å². The van der Waals surface area contributed by atoms with E-state index in [4.69, 9.17) is 5.84 Å². The fraction of sp³-hybridized carbons (Fsp3) is 0.154. The van der Waals surface area contributed by atoms with Gasteiger partial charge in [0.1, 0.15) is 5.82 Å². The van der Waals surface area contributed by atoms with Crippen LogP contribution < -0.4 is 11.3 Å². The van der Waals surface area contributed by atoms with Crippen LogP contribution in [0.3, 0.4) is 0 Å². The Hall–Kier alpha value is -1.43. The van der Waals surface area contributed by atoms with E-state index < -0.39 is 0 Å². The first-order valence-electron chi connectivity index (χ1n) is 5.54. The van der Waals surface area contributed by atoms with Crippen molar-refractivity contribution in [2.45, 2.75) is 10.9 Å². The second-order valence-electron chi connectivity index (χ2n) is 3.77. The number of pyridine rings is 1. The largest absolute Gasteiger partial charge is 0.271 e. The van der Waals surface area contributed by atoms with Crippen LogP contribution in [0.25, 0.3) is 0 Å². The molecular weight excluding hydrogens is 249 g/mol. The SMILES string of the molecule is NNC(CSc1ccc(F)cc1)c1cccnc1. The summed E-state index contributed by atoms with van der Waals surface area (Å²) in [5.74, 6) is 6.08. The van der Waals surface area contributed by atoms with Crippen LogP contribution in [0.1, 0.15) is 11.6 Å². The molecule has 1 aromatic heterocycles. The van der Waals surface area contributed by atoms with E-state index in [2.05, 4.69) is 10.4 Å². The lowest BCUT2D eigenvalue weighted by Crippen LogP contribution is -2.29. The van der Waals surface area contributed by atoms with Crippen LogP contribution in [0, 0.1) is 5.82 Å². The van der Waals surface area contributed by atoms with Gasteiger partial charge >= 0.3 is 0 Å². The van der Waals surface area contributed by atoms with Crippen molar-refractivity contribution in [1.82, 2.24) is 10.4 Å². The van der Waals surface area contributed by atoms with Gasteiger partial charge in [-0.15, -0.1) is 11.8 Å². The lowest BCUT2D eigenvalue weighted by atomic mass is 10.1. The van der Waals surface area contributed by atoms with Crippen molar-refractivity contribution in [2.75, 3.05) is 5.75 Å². The molecule has 0 fully saturated rings. The second kappa shape index (κ2) is 6.49. The highest BCUT2D eigenvalue weighted by Gasteiger charge is 2.09. The number of hydrogen-bond acceptors (Lipinski definition) is 4. The number of rotatable bonds is 5. The normalized spacial score (nSPS) is 12.3. The molecule has 0 aliphatic rings. The fourth-order valence-electron chi connectivity index (χ4n) is 1.53. The van der Waals surface area contributed by atoms with Crippen molar-refractivity contribution in [3.63, 3.8) is 0 Å². The molecule has 5 heteroatoms. The number of hydrazine groups is 1. The number of nitrogens with zero attached hydrogens (tertiary/aromatic N) is 1. The van der Waals surface area contributed by atoms with E-state index in [-0.39, 0.29) is 11.9 Å². The Morgan fingerprint density at radius 2 is 2.06 bits per heavy atom. The summed E-state index contributed by atoms with van der Waals surface area (Å²) in [5.41, 5.74) is 3.80. The lowest BCUT2D eigenvalue weighted by Gasteiger charge is -2.15. The number of nitrogens with one attached hydrogen (secondary N) is 1. The third kappa shape index (κ3) is 3.53. The molecule has 1 unspecified atom stereocenters. The monoisotopic (exact) mass is 263 g/mol. The Bertz CT molecular complexity index is 475. The van der Waals surface area contributed by atoms with Gasteiger partial charge in [-0.1, -0.05) is 6.07 Å². The lowest BCUT2D eigenvalue weighted by molar-refractivity contribution is 0.608. The minimum absolute atomic E-state index is 0.0220. The van der Waals surface area contributed by atoms with Crippen molar-refractivity contribution in [1.29, 1.82) is 0 Å². The number of thioether (sulfide) groups is 1. The number of nitrogens with two attached hydrogens (primary N) is 1. The first-order valence-corrected chi connectivity index (χ1v) is 6.52. The number of hydrogen-bond donors (Lipinski definition) is 2. The third-order valence-electron chi connectivity index (χ3n) is 2.52. The van der Waals surface area contributed by atoms with Crippen LogP contribution in [0.4, 0.5) is 4.39 Å². The van der Waals surface area contributed by atoms with Gasteiger partial charge in [0.25, 0.3) is 0 Å². The summed E-state index contributed by atoms with van der Waals surface area (Å²) in [6, 6.07) is 10.3. The van der Waals surface area contributed by atoms with Crippen LogP contribution in [0.5, 0.6) is 0 Å². The topological polar surface area (TPSA) is 50.9 Å². The number of benzene rings is 1.